The Bertz CT molecular complexity index is 740. The molecular formula is C18H18ClN3OS. The molecule has 6 heteroatoms. The summed E-state index contributed by atoms with van der Waals surface area (Å²) in [5, 5.41) is 8.33. The maximum atomic E-state index is 5.84. The number of rotatable bonds is 5. The van der Waals surface area contributed by atoms with Gasteiger partial charge in [-0.2, -0.15) is 5.10 Å². The van der Waals surface area contributed by atoms with Crippen molar-refractivity contribution in [3.63, 3.8) is 0 Å². The number of hydrogen-bond acceptors (Lipinski definition) is 3. The molecule has 0 spiro atoms. The molecule has 0 radical (unpaired) electrons. The third-order valence-electron chi connectivity index (χ3n) is 3.07. The zero-order chi connectivity index (χ0) is 17.4. The summed E-state index contributed by atoms with van der Waals surface area (Å²) in [5.41, 5.74) is 5.51. The number of nitrogens with one attached hydrogen (secondary N) is 2. The lowest BCUT2D eigenvalue weighted by atomic mass is 10.2. The lowest BCUT2D eigenvalue weighted by Crippen LogP contribution is -2.24. The first-order valence-corrected chi connectivity index (χ1v) is 8.04. The van der Waals surface area contributed by atoms with Crippen LogP contribution in [-0.2, 0) is 0 Å². The minimum absolute atomic E-state index is 0.412. The number of ether oxygens (including phenoxy) is 1. The van der Waals surface area contributed by atoms with Crippen molar-refractivity contribution in [2.24, 2.45) is 5.10 Å². The van der Waals surface area contributed by atoms with Gasteiger partial charge in [-0.15, -0.1) is 0 Å². The quantitative estimate of drug-likeness (QED) is 0.460. The smallest absolute Gasteiger partial charge is 0.191 e. The summed E-state index contributed by atoms with van der Waals surface area (Å²) in [6.07, 6.45) is 3.87. The number of anilines is 1. The Labute approximate surface area is 152 Å². The van der Waals surface area contributed by atoms with Crippen LogP contribution in [0.3, 0.4) is 0 Å². The Kier molecular flexibility index (Phi) is 6.78. The molecule has 124 valence electrons. The Balaban J connectivity index is 1.86. The fraction of sp³-hybridized carbons (Fsp3) is 0.111. The molecule has 0 atom stereocenters. The van der Waals surface area contributed by atoms with Gasteiger partial charge in [-0.25, -0.2) is 0 Å². The summed E-state index contributed by atoms with van der Waals surface area (Å²) in [7, 11) is 1.65. The van der Waals surface area contributed by atoms with Gasteiger partial charge in [0.2, 0.25) is 0 Å². The molecule has 4 nitrogen and oxygen atoms in total. The molecule has 2 aromatic carbocycles. The van der Waals surface area contributed by atoms with E-state index in [0.29, 0.717) is 10.1 Å². The van der Waals surface area contributed by atoms with Crippen molar-refractivity contribution in [3.8, 4) is 5.75 Å². The van der Waals surface area contributed by atoms with Gasteiger partial charge in [0.1, 0.15) is 5.75 Å². The Morgan fingerprint density at radius 2 is 1.79 bits per heavy atom. The molecule has 0 amide bonds. The second-order valence-corrected chi connectivity index (χ2v) is 5.78. The molecule has 0 bridgehead atoms. The SMILES string of the molecule is COc1ccc(/C=C/C(C)=N\NC(=S)Nc2ccc(Cl)cc2)cc1. The number of nitrogens with zero attached hydrogens (tertiary/aromatic N) is 1. The Morgan fingerprint density at radius 3 is 2.42 bits per heavy atom. The number of methoxy groups -OCH3 is 1. The molecule has 0 aliphatic carbocycles. The molecule has 0 fully saturated rings. The molecule has 0 saturated carbocycles. The van der Waals surface area contributed by atoms with E-state index in [1.54, 1.807) is 19.2 Å². The van der Waals surface area contributed by atoms with Gasteiger partial charge in [0.15, 0.2) is 5.11 Å². The molecule has 0 unspecified atom stereocenters. The Hall–Kier alpha value is -2.37. The number of hydrogen-bond donors (Lipinski definition) is 2. The van der Waals surface area contributed by atoms with E-state index in [2.05, 4.69) is 15.8 Å². The summed E-state index contributed by atoms with van der Waals surface area (Å²) in [5.74, 6) is 0.831. The molecule has 2 N–H and O–H groups in total. The van der Waals surface area contributed by atoms with E-state index in [9.17, 15) is 0 Å². The van der Waals surface area contributed by atoms with Gasteiger partial charge in [-0.1, -0.05) is 29.8 Å². The van der Waals surface area contributed by atoms with Crippen LogP contribution >= 0.6 is 23.8 Å². The first kappa shape index (κ1) is 18.0. The molecule has 2 rings (SSSR count). The maximum absolute atomic E-state index is 5.84. The third kappa shape index (κ3) is 6.02. The van der Waals surface area contributed by atoms with Crippen molar-refractivity contribution in [1.29, 1.82) is 0 Å². The van der Waals surface area contributed by atoms with Crippen LogP contribution in [0.1, 0.15) is 12.5 Å². The van der Waals surface area contributed by atoms with Gasteiger partial charge < -0.3 is 10.1 Å². The molecule has 2 aromatic rings. The summed E-state index contributed by atoms with van der Waals surface area (Å²) in [4.78, 5) is 0. The number of thiocarbonyl (C=S) groups is 1. The van der Waals surface area contributed by atoms with Crippen molar-refractivity contribution >= 4 is 46.4 Å². The minimum Gasteiger partial charge on any atom is -0.497 e. The molecule has 0 aliphatic rings. The van der Waals surface area contributed by atoms with Gasteiger partial charge in [-0.3, -0.25) is 5.43 Å². The zero-order valence-electron chi connectivity index (χ0n) is 13.4. The second-order valence-electron chi connectivity index (χ2n) is 4.93. The van der Waals surface area contributed by atoms with Crippen LogP contribution in [0.15, 0.2) is 59.7 Å². The highest BCUT2D eigenvalue weighted by molar-refractivity contribution is 7.80. The van der Waals surface area contributed by atoms with Crippen LogP contribution < -0.4 is 15.5 Å². The van der Waals surface area contributed by atoms with Gasteiger partial charge in [0, 0.05) is 10.7 Å². The van der Waals surface area contributed by atoms with Crippen LogP contribution in [0.25, 0.3) is 6.08 Å². The highest BCUT2D eigenvalue weighted by Gasteiger charge is 1.96. The largest absolute Gasteiger partial charge is 0.497 e. The van der Waals surface area contributed by atoms with Crippen LogP contribution in [0.5, 0.6) is 5.75 Å². The predicted octanol–water partition coefficient (Wildman–Crippen LogP) is 4.72. The van der Waals surface area contributed by atoms with Gasteiger partial charge in [0.05, 0.1) is 12.8 Å². The average molecular weight is 360 g/mol. The lowest BCUT2D eigenvalue weighted by Gasteiger charge is -2.07. The standard InChI is InChI=1S/C18H18ClN3OS/c1-13(3-4-14-5-11-17(23-2)12-6-14)21-22-18(24)20-16-9-7-15(19)8-10-16/h3-12H,1-2H3,(H2,20,22,24)/b4-3+,21-13-. The van der Waals surface area contributed by atoms with E-state index in [1.807, 2.05) is 55.5 Å². The van der Waals surface area contributed by atoms with Crippen LogP contribution in [0.2, 0.25) is 5.02 Å². The van der Waals surface area contributed by atoms with Gasteiger partial charge >= 0.3 is 0 Å². The summed E-state index contributed by atoms with van der Waals surface area (Å²) < 4.78 is 5.13. The summed E-state index contributed by atoms with van der Waals surface area (Å²) in [6, 6.07) is 15.0. The van der Waals surface area contributed by atoms with Crippen LogP contribution in [0.4, 0.5) is 5.69 Å². The summed E-state index contributed by atoms with van der Waals surface area (Å²) in [6.45, 7) is 1.89. The molecule has 0 saturated heterocycles. The highest BCUT2D eigenvalue weighted by Crippen LogP contribution is 2.13. The predicted molar refractivity (Wildman–Crippen MR) is 106 cm³/mol. The van der Waals surface area contributed by atoms with Crippen molar-refractivity contribution in [2.45, 2.75) is 6.92 Å². The van der Waals surface area contributed by atoms with Crippen LogP contribution in [-0.4, -0.2) is 17.9 Å². The van der Waals surface area contributed by atoms with E-state index in [1.165, 1.54) is 0 Å². The van der Waals surface area contributed by atoms with E-state index in [-0.39, 0.29) is 0 Å². The minimum atomic E-state index is 0.412. The molecule has 0 aromatic heterocycles. The number of benzene rings is 2. The van der Waals surface area contributed by atoms with E-state index >= 15 is 0 Å². The van der Waals surface area contributed by atoms with Gasteiger partial charge in [-0.05, 0) is 67.2 Å². The van der Waals surface area contributed by atoms with Crippen molar-refractivity contribution in [1.82, 2.24) is 5.43 Å². The molecule has 0 aliphatic heterocycles. The van der Waals surface area contributed by atoms with Crippen molar-refractivity contribution < 1.29 is 4.74 Å². The molecule has 24 heavy (non-hydrogen) atoms. The van der Waals surface area contributed by atoms with Crippen LogP contribution in [0, 0.1) is 0 Å². The summed E-state index contributed by atoms with van der Waals surface area (Å²) >= 11 is 11.0. The first-order chi connectivity index (χ1) is 11.6. The second kappa shape index (κ2) is 9.05. The Morgan fingerprint density at radius 1 is 1.12 bits per heavy atom. The van der Waals surface area contributed by atoms with E-state index in [4.69, 9.17) is 28.6 Å². The van der Waals surface area contributed by atoms with Gasteiger partial charge in [0.25, 0.3) is 0 Å². The van der Waals surface area contributed by atoms with E-state index < -0.39 is 0 Å². The monoisotopic (exact) mass is 359 g/mol. The first-order valence-electron chi connectivity index (χ1n) is 7.26. The fourth-order valence-electron chi connectivity index (χ4n) is 1.80. The molecular weight excluding hydrogens is 342 g/mol. The highest BCUT2D eigenvalue weighted by atomic mass is 35.5. The maximum Gasteiger partial charge on any atom is 0.191 e. The fourth-order valence-corrected chi connectivity index (χ4v) is 2.09. The number of hydrazone groups is 1. The number of halogens is 1. The third-order valence-corrected chi connectivity index (χ3v) is 3.51. The van der Waals surface area contributed by atoms with E-state index in [0.717, 1.165) is 22.7 Å². The lowest BCUT2D eigenvalue weighted by molar-refractivity contribution is 0.415. The number of allylic oxidation sites excluding steroid dienone is 1. The zero-order valence-corrected chi connectivity index (χ0v) is 15.0. The average Bonchev–Trinajstić information content (AvgIpc) is 2.60. The molecule has 0 heterocycles. The normalized spacial score (nSPS) is 11.4. The van der Waals surface area contributed by atoms with Crippen molar-refractivity contribution in [3.05, 3.63) is 65.2 Å². The topological polar surface area (TPSA) is 45.6 Å². The van der Waals surface area contributed by atoms with Crippen molar-refractivity contribution in [2.75, 3.05) is 12.4 Å².